The Morgan fingerprint density at radius 3 is 2.50 bits per heavy atom. The normalized spacial score (nSPS) is 12.8. The van der Waals surface area contributed by atoms with E-state index in [9.17, 15) is 5.11 Å². The lowest BCUT2D eigenvalue weighted by Crippen LogP contribution is -2.15. The highest BCUT2D eigenvalue weighted by Crippen LogP contribution is 2.04. The average Bonchev–Trinajstić information content (AvgIpc) is 2.06. The summed E-state index contributed by atoms with van der Waals surface area (Å²) >= 11 is 0. The van der Waals surface area contributed by atoms with Crippen LogP contribution >= 0.6 is 0 Å². The van der Waals surface area contributed by atoms with Gasteiger partial charge in [-0.05, 0) is 24.9 Å². The first-order chi connectivity index (χ1) is 5.83. The monoisotopic (exact) mass is 165 g/mol. The fraction of sp³-hybridized carbons (Fsp3) is 0.400. The minimum atomic E-state index is -0.294. The summed E-state index contributed by atoms with van der Waals surface area (Å²) in [7, 11) is 0. The zero-order chi connectivity index (χ0) is 8.81. The topological polar surface area (TPSA) is 46.2 Å². The Labute approximate surface area is 73.0 Å². The number of hydrogen-bond donors (Lipinski definition) is 2. The largest absolute Gasteiger partial charge is 0.393 e. The fourth-order valence-electron chi connectivity index (χ4n) is 1.18. The Morgan fingerprint density at radius 1 is 1.25 bits per heavy atom. The maximum absolute atomic E-state index is 9.42. The van der Waals surface area contributed by atoms with Crippen LogP contribution in [0.25, 0.3) is 0 Å². The number of nitrogens with two attached hydrogens (primary N) is 1. The minimum Gasteiger partial charge on any atom is -0.393 e. The molecule has 0 amide bonds. The van der Waals surface area contributed by atoms with Crippen molar-refractivity contribution >= 4 is 0 Å². The van der Waals surface area contributed by atoms with Crippen LogP contribution in [-0.4, -0.2) is 17.8 Å². The second-order valence-corrected chi connectivity index (χ2v) is 2.92. The van der Waals surface area contributed by atoms with Crippen molar-refractivity contribution in [2.45, 2.75) is 18.9 Å². The SMILES string of the molecule is NCC[C@H](O)Cc1ccccc1. The zero-order valence-corrected chi connectivity index (χ0v) is 7.11. The summed E-state index contributed by atoms with van der Waals surface area (Å²) in [6.45, 7) is 0.550. The molecule has 66 valence electrons. The Balaban J connectivity index is 2.41. The lowest BCUT2D eigenvalue weighted by molar-refractivity contribution is 0.167. The fourth-order valence-corrected chi connectivity index (χ4v) is 1.18. The second kappa shape index (κ2) is 4.91. The molecule has 12 heavy (non-hydrogen) atoms. The second-order valence-electron chi connectivity index (χ2n) is 2.92. The number of benzene rings is 1. The van der Waals surface area contributed by atoms with Gasteiger partial charge in [0.05, 0.1) is 6.10 Å². The van der Waals surface area contributed by atoms with Gasteiger partial charge < -0.3 is 10.8 Å². The third-order valence-corrected chi connectivity index (χ3v) is 1.81. The number of aliphatic hydroxyl groups excluding tert-OH is 1. The predicted octanol–water partition coefficient (Wildman–Crippen LogP) is 0.939. The molecule has 0 aliphatic heterocycles. The van der Waals surface area contributed by atoms with Gasteiger partial charge in [-0.2, -0.15) is 0 Å². The van der Waals surface area contributed by atoms with Gasteiger partial charge in [0.2, 0.25) is 0 Å². The van der Waals surface area contributed by atoms with E-state index in [0.29, 0.717) is 19.4 Å². The lowest BCUT2D eigenvalue weighted by atomic mass is 10.1. The molecule has 0 fully saturated rings. The van der Waals surface area contributed by atoms with E-state index in [2.05, 4.69) is 0 Å². The molecule has 0 bridgehead atoms. The summed E-state index contributed by atoms with van der Waals surface area (Å²) in [5.74, 6) is 0. The van der Waals surface area contributed by atoms with E-state index in [0.717, 1.165) is 0 Å². The molecule has 0 unspecified atom stereocenters. The summed E-state index contributed by atoms with van der Waals surface area (Å²) in [4.78, 5) is 0. The molecule has 3 N–H and O–H groups in total. The minimum absolute atomic E-state index is 0.294. The molecule has 1 rings (SSSR count). The van der Waals surface area contributed by atoms with E-state index in [1.54, 1.807) is 0 Å². The Hall–Kier alpha value is -0.860. The van der Waals surface area contributed by atoms with Gasteiger partial charge in [-0.3, -0.25) is 0 Å². The first-order valence-corrected chi connectivity index (χ1v) is 4.25. The van der Waals surface area contributed by atoms with Gasteiger partial charge in [0.1, 0.15) is 0 Å². The molecule has 1 aromatic rings. The van der Waals surface area contributed by atoms with E-state index >= 15 is 0 Å². The Morgan fingerprint density at radius 2 is 1.92 bits per heavy atom. The molecule has 0 aliphatic carbocycles. The molecular formula is C10H15NO. The van der Waals surface area contributed by atoms with Crippen LogP contribution in [0.4, 0.5) is 0 Å². The van der Waals surface area contributed by atoms with E-state index in [1.165, 1.54) is 5.56 Å². The van der Waals surface area contributed by atoms with Crippen LogP contribution in [0.3, 0.4) is 0 Å². The van der Waals surface area contributed by atoms with Crippen LogP contribution in [0, 0.1) is 0 Å². The van der Waals surface area contributed by atoms with Crippen molar-refractivity contribution in [3.8, 4) is 0 Å². The maximum Gasteiger partial charge on any atom is 0.0592 e. The number of rotatable bonds is 4. The van der Waals surface area contributed by atoms with Crippen LogP contribution in [0.1, 0.15) is 12.0 Å². The lowest BCUT2D eigenvalue weighted by Gasteiger charge is -2.08. The van der Waals surface area contributed by atoms with Gasteiger partial charge in [0, 0.05) is 0 Å². The summed E-state index contributed by atoms with van der Waals surface area (Å²) in [5, 5.41) is 9.42. The highest BCUT2D eigenvalue weighted by molar-refractivity contribution is 5.15. The van der Waals surface area contributed by atoms with E-state index < -0.39 is 0 Å². The third-order valence-electron chi connectivity index (χ3n) is 1.81. The molecule has 2 nitrogen and oxygen atoms in total. The summed E-state index contributed by atoms with van der Waals surface area (Å²) in [6.07, 6.45) is 1.09. The molecule has 0 aliphatic rings. The molecule has 0 saturated carbocycles. The molecule has 2 heteroatoms. The molecule has 1 aromatic carbocycles. The summed E-state index contributed by atoms with van der Waals surface area (Å²) in [5.41, 5.74) is 6.49. The molecule has 0 radical (unpaired) electrons. The summed E-state index contributed by atoms with van der Waals surface area (Å²) in [6, 6.07) is 9.95. The van der Waals surface area contributed by atoms with Crippen molar-refractivity contribution in [3.63, 3.8) is 0 Å². The third kappa shape index (κ3) is 3.03. The van der Waals surface area contributed by atoms with Crippen molar-refractivity contribution in [2.75, 3.05) is 6.54 Å². The molecular weight excluding hydrogens is 150 g/mol. The quantitative estimate of drug-likeness (QED) is 0.697. The van der Waals surface area contributed by atoms with Gasteiger partial charge in [-0.25, -0.2) is 0 Å². The molecule has 1 atom stereocenters. The van der Waals surface area contributed by atoms with E-state index in [1.807, 2.05) is 30.3 Å². The van der Waals surface area contributed by atoms with Gasteiger partial charge >= 0.3 is 0 Å². The summed E-state index contributed by atoms with van der Waals surface area (Å²) < 4.78 is 0. The molecule has 0 spiro atoms. The van der Waals surface area contributed by atoms with Crippen molar-refractivity contribution in [1.29, 1.82) is 0 Å². The average molecular weight is 165 g/mol. The number of aliphatic hydroxyl groups is 1. The smallest absolute Gasteiger partial charge is 0.0592 e. The highest BCUT2D eigenvalue weighted by atomic mass is 16.3. The van der Waals surface area contributed by atoms with Gasteiger partial charge in [0.15, 0.2) is 0 Å². The van der Waals surface area contributed by atoms with Crippen LogP contribution in [-0.2, 0) is 6.42 Å². The van der Waals surface area contributed by atoms with Gasteiger partial charge in [-0.1, -0.05) is 30.3 Å². The Kier molecular flexibility index (Phi) is 3.77. The predicted molar refractivity (Wildman–Crippen MR) is 49.8 cm³/mol. The van der Waals surface area contributed by atoms with Crippen LogP contribution in [0.2, 0.25) is 0 Å². The van der Waals surface area contributed by atoms with E-state index in [-0.39, 0.29) is 6.10 Å². The van der Waals surface area contributed by atoms with E-state index in [4.69, 9.17) is 5.73 Å². The zero-order valence-electron chi connectivity index (χ0n) is 7.11. The first-order valence-electron chi connectivity index (χ1n) is 4.25. The van der Waals surface area contributed by atoms with Crippen LogP contribution in [0.15, 0.2) is 30.3 Å². The van der Waals surface area contributed by atoms with Crippen molar-refractivity contribution < 1.29 is 5.11 Å². The van der Waals surface area contributed by atoms with Gasteiger partial charge in [-0.15, -0.1) is 0 Å². The van der Waals surface area contributed by atoms with Crippen LogP contribution in [0.5, 0.6) is 0 Å². The first kappa shape index (κ1) is 9.23. The Bertz CT molecular complexity index is 210. The van der Waals surface area contributed by atoms with Crippen molar-refractivity contribution in [2.24, 2.45) is 5.73 Å². The standard InChI is InChI=1S/C10H15NO/c11-7-6-10(12)8-9-4-2-1-3-5-9/h1-5,10,12H,6-8,11H2/t10-/m0/s1. The molecule has 0 saturated heterocycles. The number of hydrogen-bond acceptors (Lipinski definition) is 2. The van der Waals surface area contributed by atoms with Crippen molar-refractivity contribution in [1.82, 2.24) is 0 Å². The molecule has 0 heterocycles. The molecule has 0 aromatic heterocycles. The van der Waals surface area contributed by atoms with Crippen molar-refractivity contribution in [3.05, 3.63) is 35.9 Å². The maximum atomic E-state index is 9.42. The highest BCUT2D eigenvalue weighted by Gasteiger charge is 2.02. The van der Waals surface area contributed by atoms with Crippen LogP contribution < -0.4 is 5.73 Å². The van der Waals surface area contributed by atoms with Gasteiger partial charge in [0.25, 0.3) is 0 Å².